The fraction of sp³-hybridized carbons (Fsp3) is 0.750. The molecule has 1 fully saturated rings. The van der Waals surface area contributed by atoms with E-state index in [0.717, 1.165) is 19.5 Å². The molecule has 6 nitrogen and oxygen atoms in total. The van der Waals surface area contributed by atoms with Crippen molar-refractivity contribution in [2.75, 3.05) is 19.6 Å². The highest BCUT2D eigenvalue weighted by molar-refractivity contribution is 7.89. The average Bonchev–Trinajstić information content (AvgIpc) is 2.72. The fourth-order valence-electron chi connectivity index (χ4n) is 2.39. The third kappa shape index (κ3) is 4.18. The van der Waals surface area contributed by atoms with E-state index < -0.39 is 10.0 Å². The molecular weight excluding hydrogens is 300 g/mol. The molecule has 1 aromatic heterocycles. The summed E-state index contributed by atoms with van der Waals surface area (Å²) in [6.45, 7) is 4.32. The predicted octanol–water partition coefficient (Wildman–Crippen LogP) is 0.818. The van der Waals surface area contributed by atoms with Gasteiger partial charge in [0.2, 0.25) is 10.0 Å². The van der Waals surface area contributed by atoms with Crippen LogP contribution in [0.2, 0.25) is 0 Å². The van der Waals surface area contributed by atoms with Gasteiger partial charge in [-0.15, -0.1) is 12.4 Å². The van der Waals surface area contributed by atoms with E-state index in [9.17, 15) is 8.42 Å². The van der Waals surface area contributed by atoms with Crippen LogP contribution >= 0.6 is 12.4 Å². The van der Waals surface area contributed by atoms with E-state index in [0.29, 0.717) is 18.2 Å². The fourth-order valence-corrected chi connectivity index (χ4v) is 3.64. The molecule has 0 aliphatic carbocycles. The van der Waals surface area contributed by atoms with Crippen molar-refractivity contribution >= 4 is 22.4 Å². The SMILES string of the molecule is Cc1c(S(=O)(=O)NCCC2CCCNC2)cnn1C.Cl. The summed E-state index contributed by atoms with van der Waals surface area (Å²) in [5, 5.41) is 7.30. The van der Waals surface area contributed by atoms with E-state index in [4.69, 9.17) is 0 Å². The van der Waals surface area contributed by atoms with Crippen molar-refractivity contribution in [1.82, 2.24) is 19.8 Å². The summed E-state index contributed by atoms with van der Waals surface area (Å²) >= 11 is 0. The highest BCUT2D eigenvalue weighted by Crippen LogP contribution is 2.15. The predicted molar refractivity (Wildman–Crippen MR) is 80.6 cm³/mol. The van der Waals surface area contributed by atoms with E-state index in [1.54, 1.807) is 18.7 Å². The lowest BCUT2D eigenvalue weighted by Gasteiger charge is -2.22. The number of rotatable bonds is 5. The zero-order chi connectivity index (χ0) is 13.9. The highest BCUT2D eigenvalue weighted by Gasteiger charge is 2.20. The molecule has 0 spiro atoms. The second-order valence-electron chi connectivity index (χ2n) is 5.12. The Hall–Kier alpha value is -0.630. The normalized spacial score (nSPS) is 19.6. The van der Waals surface area contributed by atoms with Crippen LogP contribution in [-0.4, -0.2) is 37.8 Å². The van der Waals surface area contributed by atoms with Gasteiger partial charge in [0.05, 0.1) is 11.9 Å². The van der Waals surface area contributed by atoms with Crippen molar-refractivity contribution in [3.63, 3.8) is 0 Å². The first-order valence-corrected chi connectivity index (χ1v) is 8.18. The third-order valence-corrected chi connectivity index (χ3v) is 5.29. The highest BCUT2D eigenvalue weighted by atomic mass is 35.5. The van der Waals surface area contributed by atoms with Crippen LogP contribution in [0.15, 0.2) is 11.1 Å². The maximum Gasteiger partial charge on any atom is 0.243 e. The largest absolute Gasteiger partial charge is 0.316 e. The topological polar surface area (TPSA) is 76.0 Å². The maximum absolute atomic E-state index is 12.1. The molecule has 2 rings (SSSR count). The molecule has 1 atom stereocenters. The standard InChI is InChI=1S/C12H22N4O2S.ClH/c1-10-12(9-14-16(10)2)19(17,18)15-7-5-11-4-3-6-13-8-11;/h9,11,13,15H,3-8H2,1-2H3;1H. The van der Waals surface area contributed by atoms with Crippen molar-refractivity contribution in [2.45, 2.75) is 31.1 Å². The van der Waals surface area contributed by atoms with Crippen molar-refractivity contribution in [2.24, 2.45) is 13.0 Å². The minimum absolute atomic E-state index is 0. The molecule has 116 valence electrons. The third-order valence-electron chi connectivity index (χ3n) is 3.72. The molecule has 1 aromatic rings. The molecule has 0 bridgehead atoms. The number of aryl methyl sites for hydroxylation is 1. The van der Waals surface area contributed by atoms with Gasteiger partial charge in [-0.25, -0.2) is 13.1 Å². The molecular formula is C12H23ClN4O2S. The first kappa shape index (κ1) is 17.4. The zero-order valence-electron chi connectivity index (χ0n) is 11.9. The van der Waals surface area contributed by atoms with Gasteiger partial charge in [-0.3, -0.25) is 4.68 Å². The van der Waals surface area contributed by atoms with Gasteiger partial charge in [-0.2, -0.15) is 5.10 Å². The summed E-state index contributed by atoms with van der Waals surface area (Å²) < 4.78 is 28.5. The van der Waals surface area contributed by atoms with Crippen molar-refractivity contribution in [3.8, 4) is 0 Å². The van der Waals surface area contributed by atoms with Crippen LogP contribution in [0, 0.1) is 12.8 Å². The van der Waals surface area contributed by atoms with Gasteiger partial charge in [0.1, 0.15) is 4.90 Å². The average molecular weight is 323 g/mol. The Labute approximate surface area is 126 Å². The van der Waals surface area contributed by atoms with Gasteiger partial charge in [0, 0.05) is 13.6 Å². The van der Waals surface area contributed by atoms with Gasteiger partial charge in [0.15, 0.2) is 0 Å². The number of nitrogens with one attached hydrogen (secondary N) is 2. The van der Waals surface area contributed by atoms with Crippen LogP contribution in [-0.2, 0) is 17.1 Å². The number of piperidine rings is 1. The summed E-state index contributed by atoms with van der Waals surface area (Å²) in [6, 6.07) is 0. The molecule has 8 heteroatoms. The molecule has 1 aliphatic heterocycles. The van der Waals surface area contributed by atoms with Crippen LogP contribution in [0.1, 0.15) is 25.0 Å². The summed E-state index contributed by atoms with van der Waals surface area (Å²) in [5.74, 6) is 0.575. The molecule has 0 amide bonds. The number of halogens is 1. The second-order valence-corrected chi connectivity index (χ2v) is 6.85. The van der Waals surface area contributed by atoms with Gasteiger partial charge in [0.25, 0.3) is 0 Å². The maximum atomic E-state index is 12.1. The van der Waals surface area contributed by atoms with Crippen LogP contribution in [0.3, 0.4) is 0 Å². The summed E-state index contributed by atoms with van der Waals surface area (Å²) in [6.07, 6.45) is 4.64. The van der Waals surface area contributed by atoms with Crippen LogP contribution < -0.4 is 10.0 Å². The summed E-state index contributed by atoms with van der Waals surface area (Å²) in [7, 11) is -1.69. The van der Waals surface area contributed by atoms with Crippen molar-refractivity contribution in [3.05, 3.63) is 11.9 Å². The first-order chi connectivity index (χ1) is 9.00. The first-order valence-electron chi connectivity index (χ1n) is 6.69. The van der Waals surface area contributed by atoms with Crippen LogP contribution in [0.5, 0.6) is 0 Å². The zero-order valence-corrected chi connectivity index (χ0v) is 13.6. The molecule has 1 saturated heterocycles. The minimum atomic E-state index is -3.42. The Bertz CT molecular complexity index is 524. The molecule has 0 radical (unpaired) electrons. The lowest BCUT2D eigenvalue weighted by molar-refractivity contribution is 0.358. The van der Waals surface area contributed by atoms with Crippen molar-refractivity contribution < 1.29 is 8.42 Å². The van der Waals surface area contributed by atoms with Crippen LogP contribution in [0.4, 0.5) is 0 Å². The Balaban J connectivity index is 0.00000200. The summed E-state index contributed by atoms with van der Waals surface area (Å²) in [4.78, 5) is 0.275. The Kier molecular flexibility index (Phi) is 6.44. The lowest BCUT2D eigenvalue weighted by Crippen LogP contribution is -2.33. The molecule has 1 aliphatic rings. The van der Waals surface area contributed by atoms with Crippen molar-refractivity contribution in [1.29, 1.82) is 0 Å². The van der Waals surface area contributed by atoms with Gasteiger partial charge in [-0.05, 0) is 45.2 Å². The molecule has 20 heavy (non-hydrogen) atoms. The van der Waals surface area contributed by atoms with E-state index in [1.165, 1.54) is 19.0 Å². The van der Waals surface area contributed by atoms with Gasteiger partial charge >= 0.3 is 0 Å². The Morgan fingerprint density at radius 2 is 2.30 bits per heavy atom. The lowest BCUT2D eigenvalue weighted by atomic mass is 9.96. The smallest absolute Gasteiger partial charge is 0.243 e. The second kappa shape index (κ2) is 7.40. The Morgan fingerprint density at radius 3 is 2.85 bits per heavy atom. The van der Waals surface area contributed by atoms with Gasteiger partial charge in [-0.1, -0.05) is 0 Å². The summed E-state index contributed by atoms with van der Waals surface area (Å²) in [5.41, 5.74) is 0.659. The minimum Gasteiger partial charge on any atom is -0.316 e. The monoisotopic (exact) mass is 322 g/mol. The van der Waals surface area contributed by atoms with Gasteiger partial charge < -0.3 is 5.32 Å². The molecule has 0 aromatic carbocycles. The number of nitrogens with zero attached hydrogens (tertiary/aromatic N) is 2. The Morgan fingerprint density at radius 1 is 1.55 bits per heavy atom. The van der Waals surface area contributed by atoms with E-state index >= 15 is 0 Å². The number of sulfonamides is 1. The number of hydrogen-bond donors (Lipinski definition) is 2. The molecule has 1 unspecified atom stereocenters. The van der Waals surface area contributed by atoms with E-state index in [-0.39, 0.29) is 17.3 Å². The number of hydrogen-bond acceptors (Lipinski definition) is 4. The quantitative estimate of drug-likeness (QED) is 0.841. The van der Waals surface area contributed by atoms with Crippen LogP contribution in [0.25, 0.3) is 0 Å². The molecule has 0 saturated carbocycles. The van der Waals surface area contributed by atoms with E-state index in [2.05, 4.69) is 15.1 Å². The molecule has 2 heterocycles. The van der Waals surface area contributed by atoms with E-state index in [1.807, 2.05) is 0 Å². The number of aromatic nitrogens is 2. The molecule has 2 N–H and O–H groups in total.